The zero-order valence-corrected chi connectivity index (χ0v) is 11.9. The zero-order chi connectivity index (χ0) is 15.5. The molecule has 6 heteroatoms. The maximum Gasteiger partial charge on any atom is 0.132 e. The number of aliphatic hydroxyl groups excluding tert-OH is 1. The summed E-state index contributed by atoms with van der Waals surface area (Å²) in [5, 5.41) is 17.4. The van der Waals surface area contributed by atoms with E-state index in [0.717, 1.165) is 0 Å². The Morgan fingerprint density at radius 2 is 1.86 bits per heavy atom. The fourth-order valence-corrected chi connectivity index (χ4v) is 2.25. The molecule has 0 fully saturated rings. The van der Waals surface area contributed by atoms with Crippen LogP contribution in [0, 0.1) is 5.82 Å². The van der Waals surface area contributed by atoms with Gasteiger partial charge in [-0.15, -0.1) is 5.10 Å². The summed E-state index contributed by atoms with van der Waals surface area (Å²) in [6.07, 6.45) is 0. The quantitative estimate of drug-likeness (QED) is 0.804. The molecule has 0 saturated carbocycles. The molecule has 3 aromatic rings. The molecular formula is C16H14FN3O2. The highest BCUT2D eigenvalue weighted by Gasteiger charge is 2.18. The number of rotatable bonds is 4. The van der Waals surface area contributed by atoms with Crippen LogP contribution in [0.2, 0.25) is 0 Å². The average molecular weight is 299 g/mol. The number of ether oxygens (including phenoxy) is 1. The fraction of sp³-hybridized carbons (Fsp3) is 0.125. The molecule has 22 heavy (non-hydrogen) atoms. The molecule has 0 amide bonds. The standard InChI is InChI=1S/C16H14FN3O2/c1-22-12-8-6-11(7-9-12)20-16(15(10-21)18-19-20)13-4-2-3-5-14(13)17/h2-9,21H,10H2,1H3. The van der Waals surface area contributed by atoms with Crippen molar-refractivity contribution in [3.63, 3.8) is 0 Å². The van der Waals surface area contributed by atoms with Gasteiger partial charge in [0.15, 0.2) is 0 Å². The number of halogens is 1. The monoisotopic (exact) mass is 299 g/mol. The van der Waals surface area contributed by atoms with E-state index in [1.807, 2.05) is 0 Å². The summed E-state index contributed by atoms with van der Waals surface area (Å²) in [5.74, 6) is 0.313. The highest BCUT2D eigenvalue weighted by molar-refractivity contribution is 5.65. The summed E-state index contributed by atoms with van der Waals surface area (Å²) in [6, 6.07) is 13.5. The van der Waals surface area contributed by atoms with Crippen molar-refractivity contribution in [2.24, 2.45) is 0 Å². The Morgan fingerprint density at radius 1 is 1.14 bits per heavy atom. The summed E-state index contributed by atoms with van der Waals surface area (Å²) in [6.45, 7) is -0.320. The summed E-state index contributed by atoms with van der Waals surface area (Å²) in [4.78, 5) is 0. The molecule has 1 heterocycles. The van der Waals surface area contributed by atoms with Crippen molar-refractivity contribution in [1.82, 2.24) is 15.0 Å². The molecule has 1 aromatic heterocycles. The topological polar surface area (TPSA) is 60.2 Å². The largest absolute Gasteiger partial charge is 0.497 e. The Balaban J connectivity index is 2.17. The number of hydrogen-bond donors (Lipinski definition) is 1. The molecule has 0 bridgehead atoms. The van der Waals surface area contributed by atoms with Crippen LogP contribution in [0.5, 0.6) is 5.75 Å². The van der Waals surface area contributed by atoms with E-state index in [1.54, 1.807) is 49.6 Å². The number of nitrogens with zero attached hydrogens (tertiary/aromatic N) is 3. The molecule has 0 radical (unpaired) electrons. The van der Waals surface area contributed by atoms with Crippen LogP contribution < -0.4 is 4.74 Å². The normalized spacial score (nSPS) is 10.7. The van der Waals surface area contributed by atoms with Crippen LogP contribution in [0.1, 0.15) is 5.69 Å². The SMILES string of the molecule is COc1ccc(-n2nnc(CO)c2-c2ccccc2F)cc1. The second kappa shape index (κ2) is 5.95. The summed E-state index contributed by atoms with van der Waals surface area (Å²) in [5.41, 5.74) is 1.80. The Labute approximate surface area is 126 Å². The molecule has 0 spiro atoms. The highest BCUT2D eigenvalue weighted by atomic mass is 19.1. The minimum absolute atomic E-state index is 0.320. The molecule has 0 aliphatic heterocycles. The van der Waals surface area contributed by atoms with Crippen LogP contribution in [0.3, 0.4) is 0 Å². The van der Waals surface area contributed by atoms with E-state index in [4.69, 9.17) is 4.74 Å². The van der Waals surface area contributed by atoms with E-state index in [9.17, 15) is 9.50 Å². The van der Waals surface area contributed by atoms with Crippen molar-refractivity contribution in [2.75, 3.05) is 7.11 Å². The Bertz CT molecular complexity index is 784. The number of methoxy groups -OCH3 is 1. The van der Waals surface area contributed by atoms with Crippen LogP contribution in [-0.4, -0.2) is 27.2 Å². The molecule has 0 aliphatic rings. The molecule has 2 aromatic carbocycles. The molecule has 0 aliphatic carbocycles. The molecule has 0 saturated heterocycles. The number of hydrogen-bond acceptors (Lipinski definition) is 4. The predicted molar refractivity (Wildman–Crippen MR) is 79.2 cm³/mol. The summed E-state index contributed by atoms with van der Waals surface area (Å²) in [7, 11) is 1.58. The lowest BCUT2D eigenvalue weighted by Crippen LogP contribution is -2.01. The maximum atomic E-state index is 14.1. The van der Waals surface area contributed by atoms with Crippen molar-refractivity contribution in [3.05, 3.63) is 60.0 Å². The van der Waals surface area contributed by atoms with Crippen molar-refractivity contribution >= 4 is 0 Å². The van der Waals surface area contributed by atoms with Gasteiger partial charge in [0.1, 0.15) is 23.0 Å². The second-order valence-corrected chi connectivity index (χ2v) is 4.63. The third-order valence-electron chi connectivity index (χ3n) is 3.34. The van der Waals surface area contributed by atoms with Gasteiger partial charge in [0, 0.05) is 5.56 Å². The summed E-state index contributed by atoms with van der Waals surface area (Å²) >= 11 is 0. The van der Waals surface area contributed by atoms with Gasteiger partial charge in [0.25, 0.3) is 0 Å². The predicted octanol–water partition coefficient (Wildman–Crippen LogP) is 2.57. The van der Waals surface area contributed by atoms with E-state index in [2.05, 4.69) is 10.3 Å². The number of aliphatic hydroxyl groups is 1. The molecule has 112 valence electrons. The number of benzene rings is 2. The van der Waals surface area contributed by atoms with Gasteiger partial charge in [0.05, 0.1) is 19.4 Å². The van der Waals surface area contributed by atoms with E-state index in [0.29, 0.717) is 28.4 Å². The average Bonchev–Trinajstić information content (AvgIpc) is 2.99. The van der Waals surface area contributed by atoms with E-state index < -0.39 is 5.82 Å². The van der Waals surface area contributed by atoms with Crippen LogP contribution in [-0.2, 0) is 6.61 Å². The Morgan fingerprint density at radius 3 is 2.50 bits per heavy atom. The van der Waals surface area contributed by atoms with Crippen LogP contribution in [0.15, 0.2) is 48.5 Å². The van der Waals surface area contributed by atoms with Gasteiger partial charge in [-0.05, 0) is 36.4 Å². The fourth-order valence-electron chi connectivity index (χ4n) is 2.25. The first-order valence-corrected chi connectivity index (χ1v) is 6.69. The molecule has 1 N–H and O–H groups in total. The van der Waals surface area contributed by atoms with Gasteiger partial charge in [-0.1, -0.05) is 17.3 Å². The van der Waals surface area contributed by atoms with Crippen molar-refractivity contribution in [3.8, 4) is 22.7 Å². The summed E-state index contributed by atoms with van der Waals surface area (Å²) < 4.78 is 20.7. The smallest absolute Gasteiger partial charge is 0.132 e. The van der Waals surface area contributed by atoms with E-state index in [1.165, 1.54) is 10.7 Å². The number of aromatic nitrogens is 3. The van der Waals surface area contributed by atoms with Gasteiger partial charge >= 0.3 is 0 Å². The van der Waals surface area contributed by atoms with E-state index in [-0.39, 0.29) is 6.61 Å². The van der Waals surface area contributed by atoms with Crippen molar-refractivity contribution < 1.29 is 14.2 Å². The van der Waals surface area contributed by atoms with Gasteiger partial charge < -0.3 is 9.84 Å². The molecule has 0 unspecified atom stereocenters. The molecular weight excluding hydrogens is 285 g/mol. The molecule has 5 nitrogen and oxygen atoms in total. The van der Waals surface area contributed by atoms with Crippen LogP contribution in [0.4, 0.5) is 4.39 Å². The van der Waals surface area contributed by atoms with E-state index >= 15 is 0 Å². The van der Waals surface area contributed by atoms with Gasteiger partial charge in [-0.25, -0.2) is 9.07 Å². The third kappa shape index (κ3) is 2.44. The first kappa shape index (κ1) is 14.2. The third-order valence-corrected chi connectivity index (χ3v) is 3.34. The highest BCUT2D eigenvalue weighted by Crippen LogP contribution is 2.28. The lowest BCUT2D eigenvalue weighted by atomic mass is 10.1. The van der Waals surface area contributed by atoms with Crippen LogP contribution in [0.25, 0.3) is 16.9 Å². The van der Waals surface area contributed by atoms with Gasteiger partial charge in [0.2, 0.25) is 0 Å². The van der Waals surface area contributed by atoms with Gasteiger partial charge in [-0.2, -0.15) is 0 Å². The lowest BCUT2D eigenvalue weighted by molar-refractivity contribution is 0.277. The minimum atomic E-state index is -0.394. The van der Waals surface area contributed by atoms with Crippen molar-refractivity contribution in [1.29, 1.82) is 0 Å². The zero-order valence-electron chi connectivity index (χ0n) is 11.9. The Hall–Kier alpha value is -2.73. The van der Waals surface area contributed by atoms with Gasteiger partial charge in [-0.3, -0.25) is 0 Å². The maximum absolute atomic E-state index is 14.1. The first-order chi connectivity index (χ1) is 10.7. The minimum Gasteiger partial charge on any atom is -0.497 e. The Kier molecular flexibility index (Phi) is 3.84. The molecule has 0 atom stereocenters. The van der Waals surface area contributed by atoms with Crippen molar-refractivity contribution in [2.45, 2.75) is 6.61 Å². The second-order valence-electron chi connectivity index (χ2n) is 4.63. The molecule has 3 rings (SSSR count). The lowest BCUT2D eigenvalue weighted by Gasteiger charge is -2.09. The van der Waals surface area contributed by atoms with Crippen LogP contribution >= 0.6 is 0 Å². The first-order valence-electron chi connectivity index (χ1n) is 6.69.